The SMILES string of the molecule is O=C(O)N1CCN([C@H]2c3ccccc3CC[C@@H]2OCc2cc(Br)cc(Br)c2)CC1. The fourth-order valence-electron chi connectivity index (χ4n) is 4.40. The van der Waals surface area contributed by atoms with Crippen molar-refractivity contribution >= 4 is 38.0 Å². The van der Waals surface area contributed by atoms with E-state index < -0.39 is 6.09 Å². The highest BCUT2D eigenvalue weighted by Gasteiger charge is 2.36. The smallest absolute Gasteiger partial charge is 0.407 e. The molecule has 0 radical (unpaired) electrons. The van der Waals surface area contributed by atoms with Crippen LogP contribution in [0, 0.1) is 0 Å². The fraction of sp³-hybridized carbons (Fsp3) is 0.409. The van der Waals surface area contributed by atoms with E-state index >= 15 is 0 Å². The molecule has 1 fully saturated rings. The molecule has 7 heteroatoms. The van der Waals surface area contributed by atoms with Crippen molar-refractivity contribution in [2.24, 2.45) is 0 Å². The van der Waals surface area contributed by atoms with Gasteiger partial charge in [-0.2, -0.15) is 0 Å². The lowest BCUT2D eigenvalue weighted by Crippen LogP contribution is -2.52. The van der Waals surface area contributed by atoms with Gasteiger partial charge >= 0.3 is 6.09 Å². The van der Waals surface area contributed by atoms with Crippen LogP contribution < -0.4 is 0 Å². The molecule has 0 spiro atoms. The predicted octanol–water partition coefficient (Wildman–Crippen LogP) is 5.08. The molecule has 4 rings (SSSR count). The first kappa shape index (κ1) is 20.8. The van der Waals surface area contributed by atoms with Gasteiger partial charge < -0.3 is 14.7 Å². The summed E-state index contributed by atoms with van der Waals surface area (Å²) in [5.41, 5.74) is 3.82. The average Bonchev–Trinajstić information content (AvgIpc) is 2.71. The molecule has 2 aromatic carbocycles. The first-order chi connectivity index (χ1) is 14.0. The Labute approximate surface area is 187 Å². The summed E-state index contributed by atoms with van der Waals surface area (Å²) >= 11 is 7.09. The van der Waals surface area contributed by atoms with Gasteiger partial charge in [-0.15, -0.1) is 0 Å². The molecule has 1 N–H and O–H groups in total. The van der Waals surface area contributed by atoms with Gasteiger partial charge in [0, 0.05) is 35.1 Å². The second-order valence-electron chi connectivity index (χ2n) is 7.62. The number of amides is 1. The van der Waals surface area contributed by atoms with Crippen LogP contribution in [-0.2, 0) is 17.8 Å². The Hall–Kier alpha value is -1.41. The number of piperazine rings is 1. The van der Waals surface area contributed by atoms with Crippen molar-refractivity contribution in [1.82, 2.24) is 9.80 Å². The lowest BCUT2D eigenvalue weighted by atomic mass is 9.84. The number of fused-ring (bicyclic) bond motifs is 1. The van der Waals surface area contributed by atoms with E-state index in [0.717, 1.165) is 40.4 Å². The van der Waals surface area contributed by atoms with Crippen molar-refractivity contribution < 1.29 is 14.6 Å². The van der Waals surface area contributed by atoms with Crippen molar-refractivity contribution in [1.29, 1.82) is 0 Å². The van der Waals surface area contributed by atoms with Gasteiger partial charge in [-0.05, 0) is 47.7 Å². The molecule has 2 aliphatic rings. The lowest BCUT2D eigenvalue weighted by Gasteiger charge is -2.44. The standard InChI is InChI=1S/C22H24Br2N2O3/c23-17-11-15(12-18(24)13-17)14-29-20-6-5-16-3-1-2-4-19(16)21(20)25-7-9-26(10-8-25)22(27)28/h1-4,11-13,20-21H,5-10,14H2,(H,27,28)/t20-,21-/m0/s1. The third kappa shape index (κ3) is 4.85. The van der Waals surface area contributed by atoms with E-state index in [1.54, 1.807) is 0 Å². The zero-order chi connectivity index (χ0) is 20.4. The molecule has 29 heavy (non-hydrogen) atoms. The lowest BCUT2D eigenvalue weighted by molar-refractivity contribution is -0.0449. The molecule has 0 bridgehead atoms. The Morgan fingerprint density at radius 3 is 2.45 bits per heavy atom. The molecule has 1 heterocycles. The summed E-state index contributed by atoms with van der Waals surface area (Å²) in [5, 5.41) is 9.27. The molecule has 1 aliphatic heterocycles. The van der Waals surface area contributed by atoms with E-state index in [2.05, 4.69) is 73.2 Å². The summed E-state index contributed by atoms with van der Waals surface area (Å²) in [5.74, 6) is 0. The monoisotopic (exact) mass is 522 g/mol. The number of carboxylic acid groups (broad SMARTS) is 1. The zero-order valence-corrected chi connectivity index (χ0v) is 19.2. The molecule has 1 aliphatic carbocycles. The van der Waals surface area contributed by atoms with Crippen LogP contribution in [0.2, 0.25) is 0 Å². The van der Waals surface area contributed by atoms with E-state index in [4.69, 9.17) is 4.74 Å². The van der Waals surface area contributed by atoms with Crippen LogP contribution in [0.3, 0.4) is 0 Å². The van der Waals surface area contributed by atoms with Crippen LogP contribution in [0.1, 0.15) is 29.2 Å². The summed E-state index contributed by atoms with van der Waals surface area (Å²) in [6.45, 7) is 3.09. The minimum Gasteiger partial charge on any atom is -0.465 e. The Morgan fingerprint density at radius 1 is 1.07 bits per heavy atom. The molecule has 2 atom stereocenters. The van der Waals surface area contributed by atoms with Crippen LogP contribution in [0.15, 0.2) is 51.4 Å². The zero-order valence-electron chi connectivity index (χ0n) is 16.1. The fourth-order valence-corrected chi connectivity index (χ4v) is 5.79. The summed E-state index contributed by atoms with van der Waals surface area (Å²) in [6, 6.07) is 14.9. The first-order valence-electron chi connectivity index (χ1n) is 9.87. The molecular weight excluding hydrogens is 500 g/mol. The Bertz CT molecular complexity index is 864. The van der Waals surface area contributed by atoms with E-state index in [1.165, 1.54) is 16.0 Å². The maximum atomic E-state index is 11.3. The molecule has 2 aromatic rings. The van der Waals surface area contributed by atoms with Crippen LogP contribution >= 0.6 is 31.9 Å². The molecule has 0 aromatic heterocycles. The Morgan fingerprint density at radius 2 is 1.76 bits per heavy atom. The summed E-state index contributed by atoms with van der Waals surface area (Å²) in [7, 11) is 0. The minimum atomic E-state index is -0.832. The second kappa shape index (κ2) is 9.16. The van der Waals surface area contributed by atoms with Gasteiger partial charge in [-0.1, -0.05) is 56.1 Å². The number of halogens is 2. The van der Waals surface area contributed by atoms with Gasteiger partial charge in [0.2, 0.25) is 0 Å². The van der Waals surface area contributed by atoms with Gasteiger partial charge in [0.05, 0.1) is 18.8 Å². The van der Waals surface area contributed by atoms with Crippen molar-refractivity contribution in [3.05, 3.63) is 68.1 Å². The minimum absolute atomic E-state index is 0.0824. The maximum absolute atomic E-state index is 11.3. The van der Waals surface area contributed by atoms with E-state index in [-0.39, 0.29) is 12.1 Å². The number of hydrogen-bond donors (Lipinski definition) is 1. The van der Waals surface area contributed by atoms with Crippen molar-refractivity contribution in [2.45, 2.75) is 31.6 Å². The third-order valence-electron chi connectivity index (χ3n) is 5.79. The third-order valence-corrected chi connectivity index (χ3v) is 6.70. The molecule has 0 unspecified atom stereocenters. The highest BCUT2D eigenvalue weighted by Crippen LogP contribution is 2.37. The van der Waals surface area contributed by atoms with Gasteiger partial charge in [0.15, 0.2) is 0 Å². The Kier molecular flexibility index (Phi) is 6.59. The van der Waals surface area contributed by atoms with Crippen molar-refractivity contribution in [3.8, 4) is 0 Å². The van der Waals surface area contributed by atoms with Crippen LogP contribution in [0.5, 0.6) is 0 Å². The highest BCUT2D eigenvalue weighted by atomic mass is 79.9. The predicted molar refractivity (Wildman–Crippen MR) is 119 cm³/mol. The number of carbonyl (C=O) groups is 1. The average molecular weight is 524 g/mol. The van der Waals surface area contributed by atoms with E-state index in [1.807, 2.05) is 6.07 Å². The topological polar surface area (TPSA) is 53.0 Å². The first-order valence-corrected chi connectivity index (χ1v) is 11.5. The van der Waals surface area contributed by atoms with Gasteiger partial charge in [0.25, 0.3) is 0 Å². The maximum Gasteiger partial charge on any atom is 0.407 e. The molecule has 5 nitrogen and oxygen atoms in total. The number of benzene rings is 2. The highest BCUT2D eigenvalue weighted by molar-refractivity contribution is 9.11. The normalized spacial score (nSPS) is 22.3. The summed E-state index contributed by atoms with van der Waals surface area (Å²) < 4.78 is 8.52. The summed E-state index contributed by atoms with van der Waals surface area (Å²) in [4.78, 5) is 15.2. The van der Waals surface area contributed by atoms with Crippen molar-refractivity contribution in [3.63, 3.8) is 0 Å². The molecule has 154 valence electrons. The Balaban J connectivity index is 1.53. The van der Waals surface area contributed by atoms with E-state index in [0.29, 0.717) is 19.7 Å². The summed E-state index contributed by atoms with van der Waals surface area (Å²) in [6.07, 6.45) is 1.23. The van der Waals surface area contributed by atoms with Gasteiger partial charge in [-0.25, -0.2) is 4.79 Å². The van der Waals surface area contributed by atoms with E-state index in [9.17, 15) is 9.90 Å². The van der Waals surface area contributed by atoms with Crippen molar-refractivity contribution in [2.75, 3.05) is 26.2 Å². The molecule has 1 saturated heterocycles. The number of aryl methyl sites for hydroxylation is 1. The largest absolute Gasteiger partial charge is 0.465 e. The van der Waals surface area contributed by atoms with Gasteiger partial charge in [-0.3, -0.25) is 4.90 Å². The molecule has 1 amide bonds. The number of ether oxygens (including phenoxy) is 1. The quantitative estimate of drug-likeness (QED) is 0.607. The molecule has 0 saturated carbocycles. The second-order valence-corrected chi connectivity index (χ2v) is 9.45. The molecular formula is C22H24Br2N2O3. The van der Waals surface area contributed by atoms with Crippen LogP contribution in [0.25, 0.3) is 0 Å². The number of rotatable bonds is 4. The number of nitrogens with zero attached hydrogens (tertiary/aromatic N) is 2. The van der Waals surface area contributed by atoms with Crippen LogP contribution in [-0.4, -0.2) is 53.3 Å². The van der Waals surface area contributed by atoms with Crippen LogP contribution in [0.4, 0.5) is 4.79 Å². The van der Waals surface area contributed by atoms with Gasteiger partial charge in [0.1, 0.15) is 0 Å². The number of hydrogen-bond acceptors (Lipinski definition) is 3.